The summed E-state index contributed by atoms with van der Waals surface area (Å²) in [6.07, 6.45) is 1.92. The second-order valence-electron chi connectivity index (χ2n) is 5.98. The number of benzene rings is 2. The predicted molar refractivity (Wildman–Crippen MR) is 86.3 cm³/mol. The molecule has 0 amide bonds. The molecule has 0 aliphatic rings. The second kappa shape index (κ2) is 6.76. The van der Waals surface area contributed by atoms with Crippen molar-refractivity contribution in [3.63, 3.8) is 0 Å². The zero-order chi connectivity index (χ0) is 14.5. The molecule has 20 heavy (non-hydrogen) atoms. The van der Waals surface area contributed by atoms with E-state index in [-0.39, 0.29) is 6.04 Å². The van der Waals surface area contributed by atoms with Gasteiger partial charge in [0, 0.05) is 11.6 Å². The lowest BCUT2D eigenvalue weighted by Gasteiger charge is -2.16. The van der Waals surface area contributed by atoms with Crippen LogP contribution in [0.5, 0.6) is 5.75 Å². The van der Waals surface area contributed by atoms with Crippen LogP contribution in [-0.2, 0) is 6.42 Å². The third-order valence-corrected chi connectivity index (χ3v) is 3.48. The van der Waals surface area contributed by atoms with E-state index in [9.17, 15) is 0 Å². The van der Waals surface area contributed by atoms with Crippen LogP contribution in [0.25, 0.3) is 10.8 Å². The summed E-state index contributed by atoms with van der Waals surface area (Å²) >= 11 is 0. The van der Waals surface area contributed by atoms with E-state index in [1.807, 2.05) is 6.92 Å². The number of rotatable bonds is 6. The molecule has 0 fully saturated rings. The highest BCUT2D eigenvalue weighted by molar-refractivity contribution is 5.87. The van der Waals surface area contributed by atoms with E-state index in [0.29, 0.717) is 5.92 Å². The molecule has 0 bridgehead atoms. The maximum Gasteiger partial charge on any atom is 0.123 e. The van der Waals surface area contributed by atoms with E-state index >= 15 is 0 Å². The van der Waals surface area contributed by atoms with Crippen molar-refractivity contribution in [2.45, 2.75) is 39.7 Å². The normalized spacial score (nSPS) is 12.8. The van der Waals surface area contributed by atoms with Crippen molar-refractivity contribution in [3.05, 3.63) is 42.0 Å². The van der Waals surface area contributed by atoms with Crippen LogP contribution >= 0.6 is 0 Å². The van der Waals surface area contributed by atoms with Gasteiger partial charge >= 0.3 is 0 Å². The Balaban J connectivity index is 2.32. The van der Waals surface area contributed by atoms with Crippen molar-refractivity contribution in [2.24, 2.45) is 11.7 Å². The van der Waals surface area contributed by atoms with Crippen LogP contribution in [-0.4, -0.2) is 12.6 Å². The first-order valence-corrected chi connectivity index (χ1v) is 7.47. The Morgan fingerprint density at radius 1 is 1.05 bits per heavy atom. The quantitative estimate of drug-likeness (QED) is 0.856. The highest BCUT2D eigenvalue weighted by Crippen LogP contribution is 2.29. The molecular weight excluding hydrogens is 246 g/mol. The van der Waals surface area contributed by atoms with Crippen LogP contribution in [0.2, 0.25) is 0 Å². The second-order valence-corrected chi connectivity index (χ2v) is 5.98. The van der Waals surface area contributed by atoms with Crippen LogP contribution in [0.3, 0.4) is 0 Å². The highest BCUT2D eigenvalue weighted by atomic mass is 16.5. The van der Waals surface area contributed by atoms with Gasteiger partial charge < -0.3 is 10.5 Å². The monoisotopic (exact) mass is 271 g/mol. The first kappa shape index (κ1) is 14.9. The summed E-state index contributed by atoms with van der Waals surface area (Å²) in [4.78, 5) is 0. The average Bonchev–Trinajstić information content (AvgIpc) is 2.40. The maximum absolute atomic E-state index is 6.01. The first-order valence-electron chi connectivity index (χ1n) is 7.47. The number of ether oxygens (including phenoxy) is 1. The Labute approximate surface area is 121 Å². The smallest absolute Gasteiger partial charge is 0.123 e. The molecule has 0 aliphatic heterocycles. The molecule has 1 atom stereocenters. The van der Waals surface area contributed by atoms with Gasteiger partial charge in [0.1, 0.15) is 5.75 Å². The number of fused-ring (bicyclic) bond motifs is 1. The van der Waals surface area contributed by atoms with Gasteiger partial charge in [0.15, 0.2) is 0 Å². The molecule has 0 aliphatic carbocycles. The van der Waals surface area contributed by atoms with Crippen LogP contribution in [0, 0.1) is 5.92 Å². The fraction of sp³-hybridized carbons (Fsp3) is 0.444. The molecule has 2 N–H and O–H groups in total. The summed E-state index contributed by atoms with van der Waals surface area (Å²) in [5, 5.41) is 2.51. The van der Waals surface area contributed by atoms with Gasteiger partial charge in [-0.2, -0.15) is 0 Å². The van der Waals surface area contributed by atoms with Crippen LogP contribution in [0.15, 0.2) is 36.4 Å². The fourth-order valence-corrected chi connectivity index (χ4v) is 2.39. The standard InChI is InChI=1S/C18H25NO/c1-13(2)10-11-20-18-9-8-15-6-4-5-7-16(15)17(18)12-14(3)19/h4-9,13-14H,10-12,19H2,1-3H3. The van der Waals surface area contributed by atoms with Gasteiger partial charge in [-0.05, 0) is 42.5 Å². The van der Waals surface area contributed by atoms with E-state index in [1.54, 1.807) is 0 Å². The van der Waals surface area contributed by atoms with Gasteiger partial charge in [0.05, 0.1) is 6.61 Å². The number of nitrogens with two attached hydrogens (primary N) is 1. The molecule has 0 heterocycles. The minimum atomic E-state index is 0.133. The lowest BCUT2D eigenvalue weighted by molar-refractivity contribution is 0.287. The molecule has 2 aromatic rings. The Kier molecular flexibility index (Phi) is 5.02. The van der Waals surface area contributed by atoms with Crippen molar-refractivity contribution < 1.29 is 4.74 Å². The van der Waals surface area contributed by atoms with E-state index in [0.717, 1.165) is 25.2 Å². The fourth-order valence-electron chi connectivity index (χ4n) is 2.39. The molecule has 108 valence electrons. The largest absolute Gasteiger partial charge is 0.493 e. The van der Waals surface area contributed by atoms with E-state index in [1.165, 1.54) is 16.3 Å². The molecule has 0 spiro atoms. The van der Waals surface area contributed by atoms with Crippen molar-refractivity contribution in [3.8, 4) is 5.75 Å². The van der Waals surface area contributed by atoms with E-state index in [2.05, 4.69) is 50.2 Å². The van der Waals surface area contributed by atoms with Gasteiger partial charge in [-0.25, -0.2) is 0 Å². The van der Waals surface area contributed by atoms with Gasteiger partial charge in [-0.15, -0.1) is 0 Å². The summed E-state index contributed by atoms with van der Waals surface area (Å²) in [5.74, 6) is 1.65. The molecule has 0 saturated carbocycles. The molecule has 1 unspecified atom stereocenters. The van der Waals surface area contributed by atoms with Gasteiger partial charge in [-0.1, -0.05) is 44.2 Å². The molecule has 0 aromatic heterocycles. The summed E-state index contributed by atoms with van der Waals surface area (Å²) in [7, 11) is 0. The average molecular weight is 271 g/mol. The Hall–Kier alpha value is -1.54. The van der Waals surface area contributed by atoms with E-state index in [4.69, 9.17) is 10.5 Å². The van der Waals surface area contributed by atoms with Crippen molar-refractivity contribution in [1.29, 1.82) is 0 Å². The van der Waals surface area contributed by atoms with Gasteiger partial charge in [0.2, 0.25) is 0 Å². The summed E-state index contributed by atoms with van der Waals surface area (Å²) < 4.78 is 6.00. The molecule has 2 aromatic carbocycles. The van der Waals surface area contributed by atoms with Crippen molar-refractivity contribution >= 4 is 10.8 Å². The zero-order valence-electron chi connectivity index (χ0n) is 12.7. The minimum absolute atomic E-state index is 0.133. The molecule has 2 heteroatoms. The predicted octanol–water partition coefficient (Wildman–Crippen LogP) is 4.15. The minimum Gasteiger partial charge on any atom is -0.493 e. The van der Waals surface area contributed by atoms with Gasteiger partial charge in [-0.3, -0.25) is 0 Å². The van der Waals surface area contributed by atoms with Crippen LogP contribution < -0.4 is 10.5 Å². The number of hydrogen-bond acceptors (Lipinski definition) is 2. The third-order valence-electron chi connectivity index (χ3n) is 3.48. The first-order chi connectivity index (χ1) is 9.58. The van der Waals surface area contributed by atoms with E-state index < -0.39 is 0 Å². The topological polar surface area (TPSA) is 35.2 Å². The van der Waals surface area contributed by atoms with Crippen molar-refractivity contribution in [1.82, 2.24) is 0 Å². The molecule has 2 rings (SSSR count). The summed E-state index contributed by atoms with van der Waals surface area (Å²) in [6.45, 7) is 7.24. The summed E-state index contributed by atoms with van der Waals surface area (Å²) in [6, 6.07) is 12.8. The Bertz CT molecular complexity index is 560. The lowest BCUT2D eigenvalue weighted by atomic mass is 9.98. The van der Waals surface area contributed by atoms with Gasteiger partial charge in [0.25, 0.3) is 0 Å². The summed E-state index contributed by atoms with van der Waals surface area (Å²) in [5.41, 5.74) is 7.24. The Morgan fingerprint density at radius 3 is 2.50 bits per heavy atom. The van der Waals surface area contributed by atoms with Crippen molar-refractivity contribution in [2.75, 3.05) is 6.61 Å². The number of hydrogen-bond donors (Lipinski definition) is 1. The highest BCUT2D eigenvalue weighted by Gasteiger charge is 2.11. The molecule has 2 nitrogen and oxygen atoms in total. The zero-order valence-corrected chi connectivity index (χ0v) is 12.7. The lowest BCUT2D eigenvalue weighted by Crippen LogP contribution is -2.18. The molecule has 0 saturated heterocycles. The Morgan fingerprint density at radius 2 is 1.80 bits per heavy atom. The SMILES string of the molecule is CC(C)CCOc1ccc2ccccc2c1CC(C)N. The van der Waals surface area contributed by atoms with Crippen LogP contribution in [0.1, 0.15) is 32.8 Å². The van der Waals surface area contributed by atoms with Crippen LogP contribution in [0.4, 0.5) is 0 Å². The third kappa shape index (κ3) is 3.73. The molecular formula is C18H25NO. The molecule has 0 radical (unpaired) electrons. The maximum atomic E-state index is 6.01.